The Labute approximate surface area is 120 Å². The second-order valence-corrected chi connectivity index (χ2v) is 7.66. The van der Waals surface area contributed by atoms with Crippen molar-refractivity contribution in [3.63, 3.8) is 0 Å². The van der Waals surface area contributed by atoms with Gasteiger partial charge in [0.2, 0.25) is 10.0 Å². The Morgan fingerprint density at radius 3 is 2.60 bits per heavy atom. The van der Waals surface area contributed by atoms with Gasteiger partial charge in [-0.25, -0.2) is 17.9 Å². The summed E-state index contributed by atoms with van der Waals surface area (Å²) in [5.74, 6) is -1.17. The number of hydrogen-bond acceptors (Lipinski definition) is 6. The summed E-state index contributed by atoms with van der Waals surface area (Å²) in [5.41, 5.74) is -1.11. The van der Waals surface area contributed by atoms with Crippen LogP contribution in [0.4, 0.5) is 0 Å². The third-order valence-corrected chi connectivity index (χ3v) is 6.04. The predicted octanol–water partition coefficient (Wildman–Crippen LogP) is 0.266. The molecule has 0 amide bonds. The molecule has 0 atom stereocenters. The number of hydrogen-bond donors (Lipinski definition) is 3. The fourth-order valence-electron chi connectivity index (χ4n) is 1.81. The average Bonchev–Trinajstić information content (AvgIpc) is 2.88. The number of aromatic carboxylic acids is 1. The predicted molar refractivity (Wildman–Crippen MR) is 71.5 cm³/mol. The Morgan fingerprint density at radius 2 is 2.05 bits per heavy atom. The van der Waals surface area contributed by atoms with Gasteiger partial charge in [0.1, 0.15) is 9.09 Å². The molecule has 3 N–H and O–H groups in total. The number of thiophene rings is 1. The Kier molecular flexibility index (Phi) is 4.45. The lowest BCUT2D eigenvalue weighted by Crippen LogP contribution is -2.46. The maximum Gasteiger partial charge on any atom is 0.345 e. The molecule has 0 spiro atoms. The number of carboxylic acids is 1. The standard InChI is InChI=1S/C11H15NO6S2/c13-10(14)8-1-2-9(19-8)20(16,17)12-7-11(15)3-5-18-6-4-11/h1-2,12,15H,3-7H2,(H,13,14). The van der Waals surface area contributed by atoms with E-state index in [2.05, 4.69) is 4.72 Å². The van der Waals surface area contributed by atoms with Crippen molar-refractivity contribution in [2.45, 2.75) is 22.7 Å². The van der Waals surface area contributed by atoms with Crippen molar-refractivity contribution in [2.24, 2.45) is 0 Å². The summed E-state index contributed by atoms with van der Waals surface area (Å²) in [5, 5.41) is 19.0. The van der Waals surface area contributed by atoms with E-state index in [1.165, 1.54) is 12.1 Å². The zero-order chi connectivity index (χ0) is 14.8. The SMILES string of the molecule is O=C(O)c1ccc(S(=O)(=O)NCC2(O)CCOCC2)s1. The third-order valence-electron chi connectivity index (χ3n) is 3.07. The van der Waals surface area contributed by atoms with E-state index >= 15 is 0 Å². The van der Waals surface area contributed by atoms with Gasteiger partial charge in [0.15, 0.2) is 0 Å². The largest absolute Gasteiger partial charge is 0.477 e. The maximum atomic E-state index is 12.0. The Morgan fingerprint density at radius 1 is 1.40 bits per heavy atom. The Balaban J connectivity index is 2.05. The summed E-state index contributed by atoms with van der Waals surface area (Å²) < 4.78 is 31.4. The summed E-state index contributed by atoms with van der Waals surface area (Å²) in [6.45, 7) is 0.666. The van der Waals surface area contributed by atoms with Crippen LogP contribution in [-0.4, -0.2) is 50.0 Å². The number of nitrogens with one attached hydrogen (secondary N) is 1. The quantitative estimate of drug-likeness (QED) is 0.717. The topological polar surface area (TPSA) is 113 Å². The fourth-order valence-corrected chi connectivity index (χ4v) is 4.12. The smallest absolute Gasteiger partial charge is 0.345 e. The molecule has 2 rings (SSSR count). The molecule has 2 heterocycles. The van der Waals surface area contributed by atoms with Crippen LogP contribution in [0.15, 0.2) is 16.3 Å². The minimum atomic E-state index is -3.81. The number of carbonyl (C=O) groups is 1. The summed E-state index contributed by atoms with van der Waals surface area (Å²) in [4.78, 5) is 10.7. The molecule has 1 saturated heterocycles. The molecule has 7 nitrogen and oxygen atoms in total. The molecule has 0 radical (unpaired) electrons. The molecule has 0 aromatic carbocycles. The molecule has 20 heavy (non-hydrogen) atoms. The zero-order valence-electron chi connectivity index (χ0n) is 10.5. The summed E-state index contributed by atoms with van der Waals surface area (Å²) >= 11 is 0.677. The molecule has 0 aliphatic carbocycles. The van der Waals surface area contributed by atoms with E-state index in [9.17, 15) is 18.3 Å². The monoisotopic (exact) mass is 321 g/mol. The van der Waals surface area contributed by atoms with Crippen LogP contribution in [0.25, 0.3) is 0 Å². The van der Waals surface area contributed by atoms with Crippen LogP contribution in [0, 0.1) is 0 Å². The highest BCUT2D eigenvalue weighted by Gasteiger charge is 2.32. The molecule has 0 unspecified atom stereocenters. The van der Waals surface area contributed by atoms with Crippen LogP contribution in [0.1, 0.15) is 22.5 Å². The van der Waals surface area contributed by atoms with Crippen LogP contribution >= 0.6 is 11.3 Å². The van der Waals surface area contributed by atoms with E-state index in [1.54, 1.807) is 0 Å². The Hall–Kier alpha value is -1.00. The molecule has 112 valence electrons. The van der Waals surface area contributed by atoms with Crippen LogP contribution < -0.4 is 4.72 Å². The van der Waals surface area contributed by atoms with Crippen LogP contribution in [0.3, 0.4) is 0 Å². The average molecular weight is 321 g/mol. The van der Waals surface area contributed by atoms with Crippen LogP contribution in [0.2, 0.25) is 0 Å². The zero-order valence-corrected chi connectivity index (χ0v) is 12.2. The van der Waals surface area contributed by atoms with E-state index in [1.807, 2.05) is 0 Å². The number of carboxylic acid groups (broad SMARTS) is 1. The molecule has 1 aliphatic rings. The molecule has 1 fully saturated rings. The molecule has 9 heteroatoms. The van der Waals surface area contributed by atoms with E-state index in [-0.39, 0.29) is 15.6 Å². The van der Waals surface area contributed by atoms with Crippen molar-refractivity contribution in [1.29, 1.82) is 0 Å². The normalized spacial score (nSPS) is 18.9. The molecule has 1 aromatic heterocycles. The molecule has 1 aliphatic heterocycles. The highest BCUT2D eigenvalue weighted by atomic mass is 32.2. The van der Waals surface area contributed by atoms with Gasteiger partial charge in [0, 0.05) is 32.6 Å². The lowest BCUT2D eigenvalue weighted by Gasteiger charge is -2.31. The molecule has 0 saturated carbocycles. The van der Waals surface area contributed by atoms with Gasteiger partial charge in [-0.2, -0.15) is 0 Å². The minimum Gasteiger partial charge on any atom is -0.477 e. The van der Waals surface area contributed by atoms with Crippen LogP contribution in [0.5, 0.6) is 0 Å². The Bertz CT molecular complexity index is 588. The molecule has 1 aromatic rings. The van der Waals surface area contributed by atoms with Gasteiger partial charge in [0.05, 0.1) is 5.60 Å². The lowest BCUT2D eigenvalue weighted by atomic mass is 9.95. The van der Waals surface area contributed by atoms with E-state index in [4.69, 9.17) is 9.84 Å². The summed E-state index contributed by atoms with van der Waals surface area (Å²) in [6.07, 6.45) is 0.723. The first-order chi connectivity index (χ1) is 9.32. The second kappa shape index (κ2) is 5.78. The maximum absolute atomic E-state index is 12.0. The molecular formula is C11H15NO6S2. The van der Waals surface area contributed by atoms with Crippen LogP contribution in [-0.2, 0) is 14.8 Å². The van der Waals surface area contributed by atoms with E-state index < -0.39 is 21.6 Å². The first kappa shape index (κ1) is 15.4. The number of rotatable bonds is 5. The van der Waals surface area contributed by atoms with Gasteiger partial charge in [-0.1, -0.05) is 0 Å². The van der Waals surface area contributed by atoms with Gasteiger partial charge in [-0.3, -0.25) is 0 Å². The highest BCUT2D eigenvalue weighted by molar-refractivity contribution is 7.91. The summed E-state index contributed by atoms with van der Waals surface area (Å²) in [7, 11) is -3.81. The number of aliphatic hydroxyl groups is 1. The number of ether oxygens (including phenoxy) is 1. The van der Waals surface area contributed by atoms with Crippen molar-refractivity contribution in [2.75, 3.05) is 19.8 Å². The van der Waals surface area contributed by atoms with Gasteiger partial charge in [0.25, 0.3) is 0 Å². The van der Waals surface area contributed by atoms with Gasteiger partial charge in [-0.15, -0.1) is 11.3 Å². The van der Waals surface area contributed by atoms with Crippen molar-refractivity contribution < 1.29 is 28.2 Å². The fraction of sp³-hybridized carbons (Fsp3) is 0.545. The van der Waals surface area contributed by atoms with Gasteiger partial charge >= 0.3 is 5.97 Å². The highest BCUT2D eigenvalue weighted by Crippen LogP contribution is 2.23. The lowest BCUT2D eigenvalue weighted by molar-refractivity contribution is -0.0588. The minimum absolute atomic E-state index is 0.0462. The first-order valence-corrected chi connectivity index (χ1v) is 8.25. The molecule has 0 bridgehead atoms. The van der Waals surface area contributed by atoms with Gasteiger partial charge < -0.3 is 14.9 Å². The third kappa shape index (κ3) is 3.55. The van der Waals surface area contributed by atoms with E-state index in [0.29, 0.717) is 37.4 Å². The van der Waals surface area contributed by atoms with Crippen molar-refractivity contribution in [3.8, 4) is 0 Å². The van der Waals surface area contributed by atoms with E-state index in [0.717, 1.165) is 0 Å². The van der Waals surface area contributed by atoms with Gasteiger partial charge in [-0.05, 0) is 12.1 Å². The van der Waals surface area contributed by atoms with Crippen molar-refractivity contribution in [3.05, 3.63) is 17.0 Å². The number of sulfonamides is 1. The van der Waals surface area contributed by atoms with Crippen molar-refractivity contribution in [1.82, 2.24) is 4.72 Å². The second-order valence-electron chi connectivity index (χ2n) is 4.59. The first-order valence-electron chi connectivity index (χ1n) is 5.95. The van der Waals surface area contributed by atoms with Crippen molar-refractivity contribution >= 4 is 27.3 Å². The molecular weight excluding hydrogens is 306 g/mol. The summed E-state index contributed by atoms with van der Waals surface area (Å²) in [6, 6.07) is 2.48.